The van der Waals surface area contributed by atoms with Gasteiger partial charge in [0, 0.05) is 18.8 Å². The standard InChI is InChI=1S/C13H16N2O2/c1-10(16)12-4-3-5-13(6-12)17-9-11-7-14-15(2)8-11/h3-8,10,16H,9H2,1-2H3. The van der Waals surface area contributed by atoms with Gasteiger partial charge in [-0.2, -0.15) is 5.10 Å². The first-order valence-corrected chi connectivity index (χ1v) is 5.53. The van der Waals surface area contributed by atoms with Gasteiger partial charge in [-0.3, -0.25) is 4.68 Å². The minimum absolute atomic E-state index is 0.475. The van der Waals surface area contributed by atoms with Crippen molar-refractivity contribution in [1.29, 1.82) is 0 Å². The number of hydrogen-bond donors (Lipinski definition) is 1. The zero-order chi connectivity index (χ0) is 12.3. The van der Waals surface area contributed by atoms with Crippen molar-refractivity contribution in [3.8, 4) is 5.75 Å². The van der Waals surface area contributed by atoms with Gasteiger partial charge in [-0.1, -0.05) is 12.1 Å². The zero-order valence-corrected chi connectivity index (χ0v) is 10.00. The number of rotatable bonds is 4. The maximum Gasteiger partial charge on any atom is 0.120 e. The van der Waals surface area contributed by atoms with Gasteiger partial charge in [0.05, 0.1) is 12.3 Å². The minimum atomic E-state index is -0.475. The molecule has 4 nitrogen and oxygen atoms in total. The van der Waals surface area contributed by atoms with E-state index >= 15 is 0 Å². The normalized spacial score (nSPS) is 12.4. The molecule has 1 aromatic heterocycles. The largest absolute Gasteiger partial charge is 0.489 e. The molecular weight excluding hydrogens is 216 g/mol. The molecule has 1 aromatic carbocycles. The monoisotopic (exact) mass is 232 g/mol. The second-order valence-corrected chi connectivity index (χ2v) is 4.06. The molecule has 0 aliphatic heterocycles. The van der Waals surface area contributed by atoms with Crippen LogP contribution in [-0.2, 0) is 13.7 Å². The van der Waals surface area contributed by atoms with E-state index in [1.807, 2.05) is 37.5 Å². The summed E-state index contributed by atoms with van der Waals surface area (Å²) in [5, 5.41) is 13.5. The van der Waals surface area contributed by atoms with Crippen LogP contribution in [0.4, 0.5) is 0 Å². The fourth-order valence-corrected chi connectivity index (χ4v) is 1.58. The molecule has 2 aromatic rings. The average Bonchev–Trinajstić information content (AvgIpc) is 2.73. The summed E-state index contributed by atoms with van der Waals surface area (Å²) in [5.41, 5.74) is 1.88. The van der Waals surface area contributed by atoms with Crippen molar-refractivity contribution >= 4 is 0 Å². The van der Waals surface area contributed by atoms with Crippen LogP contribution in [0.15, 0.2) is 36.7 Å². The van der Waals surface area contributed by atoms with Gasteiger partial charge in [-0.25, -0.2) is 0 Å². The number of aryl methyl sites for hydroxylation is 1. The van der Waals surface area contributed by atoms with Crippen molar-refractivity contribution in [2.45, 2.75) is 19.6 Å². The van der Waals surface area contributed by atoms with E-state index < -0.39 is 6.10 Å². The first kappa shape index (κ1) is 11.7. The van der Waals surface area contributed by atoms with Crippen LogP contribution in [0.3, 0.4) is 0 Å². The predicted octanol–water partition coefficient (Wildman–Crippen LogP) is 2.05. The van der Waals surface area contributed by atoms with Crippen LogP contribution in [0, 0.1) is 0 Å². The molecule has 1 N–H and O–H groups in total. The summed E-state index contributed by atoms with van der Waals surface area (Å²) in [7, 11) is 1.87. The molecule has 0 amide bonds. The van der Waals surface area contributed by atoms with E-state index in [1.54, 1.807) is 17.8 Å². The maximum atomic E-state index is 9.47. The van der Waals surface area contributed by atoms with Crippen LogP contribution in [0.5, 0.6) is 5.75 Å². The Morgan fingerprint density at radius 2 is 2.29 bits per heavy atom. The van der Waals surface area contributed by atoms with E-state index in [2.05, 4.69) is 5.10 Å². The van der Waals surface area contributed by atoms with Crippen molar-refractivity contribution in [2.75, 3.05) is 0 Å². The number of aliphatic hydroxyl groups is 1. The van der Waals surface area contributed by atoms with Crippen LogP contribution in [0.1, 0.15) is 24.2 Å². The van der Waals surface area contributed by atoms with Gasteiger partial charge >= 0.3 is 0 Å². The van der Waals surface area contributed by atoms with Crippen LogP contribution < -0.4 is 4.74 Å². The van der Waals surface area contributed by atoms with Gasteiger partial charge in [0.25, 0.3) is 0 Å². The SMILES string of the molecule is CC(O)c1cccc(OCc2cnn(C)c2)c1. The number of ether oxygens (including phenoxy) is 1. The third kappa shape index (κ3) is 3.07. The first-order chi connectivity index (χ1) is 8.15. The second kappa shape index (κ2) is 5.01. The molecule has 17 heavy (non-hydrogen) atoms. The Hall–Kier alpha value is -1.81. The van der Waals surface area contributed by atoms with Gasteiger partial charge in [-0.05, 0) is 24.6 Å². The highest BCUT2D eigenvalue weighted by molar-refractivity contribution is 5.29. The van der Waals surface area contributed by atoms with E-state index in [4.69, 9.17) is 4.74 Å². The molecule has 0 fully saturated rings. The van der Waals surface area contributed by atoms with Crippen LogP contribution >= 0.6 is 0 Å². The average molecular weight is 232 g/mol. The molecular formula is C13H16N2O2. The number of benzene rings is 1. The van der Waals surface area contributed by atoms with Crippen molar-refractivity contribution < 1.29 is 9.84 Å². The Morgan fingerprint density at radius 3 is 2.94 bits per heavy atom. The minimum Gasteiger partial charge on any atom is -0.489 e. The lowest BCUT2D eigenvalue weighted by atomic mass is 10.1. The third-order valence-electron chi connectivity index (χ3n) is 2.50. The maximum absolute atomic E-state index is 9.47. The van der Waals surface area contributed by atoms with Crippen molar-refractivity contribution in [3.63, 3.8) is 0 Å². The molecule has 0 radical (unpaired) electrons. The van der Waals surface area contributed by atoms with Crippen LogP contribution in [0.25, 0.3) is 0 Å². The van der Waals surface area contributed by atoms with Crippen molar-refractivity contribution in [1.82, 2.24) is 9.78 Å². The van der Waals surface area contributed by atoms with E-state index in [1.165, 1.54) is 0 Å². The molecule has 0 saturated heterocycles. The van der Waals surface area contributed by atoms with Gasteiger partial charge in [0.2, 0.25) is 0 Å². The predicted molar refractivity (Wildman–Crippen MR) is 64.6 cm³/mol. The van der Waals surface area contributed by atoms with E-state index in [0.717, 1.165) is 16.9 Å². The summed E-state index contributed by atoms with van der Waals surface area (Å²) in [4.78, 5) is 0. The summed E-state index contributed by atoms with van der Waals surface area (Å²) in [6.45, 7) is 2.22. The molecule has 1 unspecified atom stereocenters. The summed E-state index contributed by atoms with van der Waals surface area (Å²) in [6.07, 6.45) is 3.22. The summed E-state index contributed by atoms with van der Waals surface area (Å²) < 4.78 is 7.37. The highest BCUT2D eigenvalue weighted by atomic mass is 16.5. The van der Waals surface area contributed by atoms with Gasteiger partial charge in [0.1, 0.15) is 12.4 Å². The summed E-state index contributed by atoms with van der Waals surface area (Å²) in [5.74, 6) is 0.757. The molecule has 0 aliphatic rings. The van der Waals surface area contributed by atoms with E-state index in [9.17, 15) is 5.11 Å². The Morgan fingerprint density at radius 1 is 1.47 bits per heavy atom. The van der Waals surface area contributed by atoms with Gasteiger partial charge in [-0.15, -0.1) is 0 Å². The molecule has 1 atom stereocenters. The Balaban J connectivity index is 2.01. The number of nitrogens with zero attached hydrogens (tertiary/aromatic N) is 2. The van der Waals surface area contributed by atoms with Crippen molar-refractivity contribution in [2.24, 2.45) is 7.05 Å². The first-order valence-electron chi connectivity index (χ1n) is 5.53. The smallest absolute Gasteiger partial charge is 0.120 e. The number of aromatic nitrogens is 2. The van der Waals surface area contributed by atoms with Gasteiger partial charge in [0.15, 0.2) is 0 Å². The summed E-state index contributed by atoms with van der Waals surface area (Å²) in [6, 6.07) is 7.48. The fourth-order valence-electron chi connectivity index (χ4n) is 1.58. The Bertz CT molecular complexity index is 492. The quantitative estimate of drug-likeness (QED) is 0.877. The Kier molecular flexibility index (Phi) is 3.44. The molecule has 1 heterocycles. The number of hydrogen-bond acceptors (Lipinski definition) is 3. The summed E-state index contributed by atoms with van der Waals surface area (Å²) >= 11 is 0. The molecule has 0 aliphatic carbocycles. The molecule has 0 bridgehead atoms. The lowest BCUT2D eigenvalue weighted by Gasteiger charge is -2.08. The molecule has 4 heteroatoms. The molecule has 0 spiro atoms. The fraction of sp³-hybridized carbons (Fsp3) is 0.308. The molecule has 2 rings (SSSR count). The van der Waals surface area contributed by atoms with Crippen LogP contribution in [-0.4, -0.2) is 14.9 Å². The molecule has 0 saturated carbocycles. The number of aliphatic hydroxyl groups excluding tert-OH is 1. The molecule has 90 valence electrons. The Labute approximate surface area is 100 Å². The van der Waals surface area contributed by atoms with E-state index in [0.29, 0.717) is 6.61 Å². The highest BCUT2D eigenvalue weighted by Crippen LogP contribution is 2.19. The van der Waals surface area contributed by atoms with Crippen LogP contribution in [0.2, 0.25) is 0 Å². The third-order valence-corrected chi connectivity index (χ3v) is 2.50. The van der Waals surface area contributed by atoms with Gasteiger partial charge < -0.3 is 9.84 Å². The lowest BCUT2D eigenvalue weighted by molar-refractivity contribution is 0.198. The second-order valence-electron chi connectivity index (χ2n) is 4.06. The zero-order valence-electron chi connectivity index (χ0n) is 10.00. The van der Waals surface area contributed by atoms with Crippen molar-refractivity contribution in [3.05, 3.63) is 47.8 Å². The topological polar surface area (TPSA) is 47.3 Å². The lowest BCUT2D eigenvalue weighted by Crippen LogP contribution is -1.96. The van der Waals surface area contributed by atoms with E-state index in [-0.39, 0.29) is 0 Å². The highest BCUT2D eigenvalue weighted by Gasteiger charge is 2.03.